The first-order chi connectivity index (χ1) is 11.6. The molecule has 1 aromatic heterocycles. The van der Waals surface area contributed by atoms with Crippen molar-refractivity contribution in [1.82, 2.24) is 14.8 Å². The zero-order chi connectivity index (χ0) is 16.9. The summed E-state index contributed by atoms with van der Waals surface area (Å²) in [6.45, 7) is 0.474. The van der Waals surface area contributed by atoms with Crippen LogP contribution in [0.15, 0.2) is 54.9 Å². The van der Waals surface area contributed by atoms with E-state index in [1.165, 1.54) is 0 Å². The van der Waals surface area contributed by atoms with Crippen molar-refractivity contribution in [2.45, 2.75) is 6.54 Å². The van der Waals surface area contributed by atoms with E-state index >= 15 is 0 Å². The number of rotatable bonds is 5. The molecule has 0 aliphatic rings. The SMILES string of the molecule is Cn1cnnc1CNc1ccccc1C(=O)Nc1ccc(Cl)cc1. The van der Waals surface area contributed by atoms with Crippen molar-refractivity contribution in [3.63, 3.8) is 0 Å². The number of nitrogens with one attached hydrogen (secondary N) is 2. The molecule has 3 rings (SSSR count). The minimum absolute atomic E-state index is 0.196. The second-order valence-electron chi connectivity index (χ2n) is 5.22. The number of carbonyl (C=O) groups excluding carboxylic acids is 1. The molecule has 24 heavy (non-hydrogen) atoms. The standard InChI is InChI=1S/C17H16ClN5O/c1-23-11-20-22-16(23)10-19-15-5-3-2-4-14(15)17(24)21-13-8-6-12(18)7-9-13/h2-9,11,19H,10H2,1H3,(H,21,24). The largest absolute Gasteiger partial charge is 0.377 e. The van der Waals surface area contributed by atoms with Crippen LogP contribution < -0.4 is 10.6 Å². The second kappa shape index (κ2) is 7.14. The number of nitrogens with zero attached hydrogens (tertiary/aromatic N) is 3. The van der Waals surface area contributed by atoms with Gasteiger partial charge in [0.05, 0.1) is 12.1 Å². The van der Waals surface area contributed by atoms with Crippen LogP contribution >= 0.6 is 11.6 Å². The maximum atomic E-state index is 12.5. The molecule has 3 aromatic rings. The number of hydrogen-bond donors (Lipinski definition) is 2. The van der Waals surface area contributed by atoms with Crippen LogP contribution in [-0.4, -0.2) is 20.7 Å². The predicted molar refractivity (Wildman–Crippen MR) is 94.2 cm³/mol. The fourth-order valence-electron chi connectivity index (χ4n) is 2.21. The molecule has 1 heterocycles. The number of carbonyl (C=O) groups is 1. The number of aromatic nitrogens is 3. The van der Waals surface area contributed by atoms with E-state index in [4.69, 9.17) is 11.6 Å². The van der Waals surface area contributed by atoms with Crippen LogP contribution in [0.3, 0.4) is 0 Å². The third-order valence-electron chi connectivity index (χ3n) is 3.52. The van der Waals surface area contributed by atoms with Crippen LogP contribution in [0.4, 0.5) is 11.4 Å². The van der Waals surface area contributed by atoms with Gasteiger partial charge in [-0.05, 0) is 36.4 Å². The van der Waals surface area contributed by atoms with E-state index in [1.54, 1.807) is 36.7 Å². The lowest BCUT2D eigenvalue weighted by atomic mass is 10.1. The Labute approximate surface area is 144 Å². The highest BCUT2D eigenvalue weighted by molar-refractivity contribution is 6.30. The van der Waals surface area contributed by atoms with Gasteiger partial charge < -0.3 is 15.2 Å². The Morgan fingerprint density at radius 1 is 1.17 bits per heavy atom. The zero-order valence-corrected chi connectivity index (χ0v) is 13.8. The van der Waals surface area contributed by atoms with Gasteiger partial charge in [0, 0.05) is 23.4 Å². The molecular formula is C17H16ClN5O. The number of para-hydroxylation sites is 1. The number of halogens is 1. The summed E-state index contributed by atoms with van der Waals surface area (Å²) in [4.78, 5) is 12.5. The van der Waals surface area contributed by atoms with Gasteiger partial charge in [0.25, 0.3) is 5.91 Å². The maximum absolute atomic E-state index is 12.5. The summed E-state index contributed by atoms with van der Waals surface area (Å²) >= 11 is 5.86. The Morgan fingerprint density at radius 2 is 1.92 bits per heavy atom. The summed E-state index contributed by atoms with van der Waals surface area (Å²) in [7, 11) is 1.87. The van der Waals surface area contributed by atoms with Gasteiger partial charge in [-0.1, -0.05) is 23.7 Å². The van der Waals surface area contributed by atoms with Crippen molar-refractivity contribution in [3.8, 4) is 0 Å². The van der Waals surface area contributed by atoms with Gasteiger partial charge in [0.2, 0.25) is 0 Å². The number of hydrogen-bond acceptors (Lipinski definition) is 4. The Morgan fingerprint density at radius 3 is 2.62 bits per heavy atom. The molecular weight excluding hydrogens is 326 g/mol. The highest BCUT2D eigenvalue weighted by Gasteiger charge is 2.12. The van der Waals surface area contributed by atoms with Gasteiger partial charge in [0.15, 0.2) is 5.82 Å². The van der Waals surface area contributed by atoms with E-state index in [1.807, 2.05) is 29.8 Å². The Hall–Kier alpha value is -2.86. The minimum Gasteiger partial charge on any atom is -0.377 e. The van der Waals surface area contributed by atoms with E-state index < -0.39 is 0 Å². The third kappa shape index (κ3) is 3.72. The lowest BCUT2D eigenvalue weighted by Gasteiger charge is -2.12. The molecule has 6 nitrogen and oxygen atoms in total. The van der Waals surface area contributed by atoms with Crippen LogP contribution in [0, 0.1) is 0 Å². The monoisotopic (exact) mass is 341 g/mol. The first kappa shape index (κ1) is 16.0. The highest BCUT2D eigenvalue weighted by Crippen LogP contribution is 2.19. The summed E-state index contributed by atoms with van der Waals surface area (Å²) < 4.78 is 1.82. The lowest BCUT2D eigenvalue weighted by molar-refractivity contribution is 0.102. The maximum Gasteiger partial charge on any atom is 0.257 e. The molecule has 0 fully saturated rings. The summed E-state index contributed by atoms with van der Waals surface area (Å²) in [5.74, 6) is 0.585. The van der Waals surface area contributed by atoms with Crippen LogP contribution in [-0.2, 0) is 13.6 Å². The summed E-state index contributed by atoms with van der Waals surface area (Å²) in [5, 5.41) is 14.6. The third-order valence-corrected chi connectivity index (χ3v) is 3.77. The minimum atomic E-state index is -0.196. The van der Waals surface area contributed by atoms with Gasteiger partial charge in [-0.3, -0.25) is 4.79 Å². The van der Waals surface area contributed by atoms with E-state index in [2.05, 4.69) is 20.8 Å². The average Bonchev–Trinajstić information content (AvgIpc) is 3.00. The molecule has 0 unspecified atom stereocenters. The van der Waals surface area contributed by atoms with Crippen molar-refractivity contribution in [1.29, 1.82) is 0 Å². The summed E-state index contributed by atoms with van der Waals surface area (Å²) in [6, 6.07) is 14.3. The molecule has 1 amide bonds. The smallest absolute Gasteiger partial charge is 0.257 e. The van der Waals surface area contributed by atoms with Crippen molar-refractivity contribution in [3.05, 3.63) is 71.3 Å². The van der Waals surface area contributed by atoms with Crippen LogP contribution in [0.2, 0.25) is 5.02 Å². The van der Waals surface area contributed by atoms with E-state index in [0.29, 0.717) is 22.8 Å². The fourth-order valence-corrected chi connectivity index (χ4v) is 2.33. The van der Waals surface area contributed by atoms with Gasteiger partial charge in [-0.15, -0.1) is 10.2 Å². The van der Waals surface area contributed by atoms with Crippen molar-refractivity contribution in [2.75, 3.05) is 10.6 Å². The molecule has 0 bridgehead atoms. The van der Waals surface area contributed by atoms with E-state index in [-0.39, 0.29) is 5.91 Å². The molecule has 0 saturated carbocycles. The molecule has 0 atom stereocenters. The molecule has 2 N–H and O–H groups in total. The normalized spacial score (nSPS) is 10.4. The number of benzene rings is 2. The molecule has 0 radical (unpaired) electrons. The topological polar surface area (TPSA) is 71.8 Å². The molecule has 0 aliphatic carbocycles. The Kier molecular flexibility index (Phi) is 4.77. The fraction of sp³-hybridized carbons (Fsp3) is 0.118. The van der Waals surface area contributed by atoms with Crippen molar-refractivity contribution < 1.29 is 4.79 Å². The van der Waals surface area contributed by atoms with Gasteiger partial charge in [-0.25, -0.2) is 0 Å². The molecule has 0 aliphatic heterocycles. The molecule has 0 spiro atoms. The van der Waals surface area contributed by atoms with Crippen LogP contribution in [0.25, 0.3) is 0 Å². The van der Waals surface area contributed by atoms with Crippen LogP contribution in [0.5, 0.6) is 0 Å². The lowest BCUT2D eigenvalue weighted by Crippen LogP contribution is -2.15. The Balaban J connectivity index is 1.74. The van der Waals surface area contributed by atoms with Crippen molar-refractivity contribution in [2.24, 2.45) is 7.05 Å². The van der Waals surface area contributed by atoms with Crippen molar-refractivity contribution >= 4 is 28.9 Å². The van der Waals surface area contributed by atoms with Gasteiger partial charge >= 0.3 is 0 Å². The summed E-state index contributed by atoms with van der Waals surface area (Å²) in [6.07, 6.45) is 1.64. The number of amides is 1. The quantitative estimate of drug-likeness (QED) is 0.746. The Bertz CT molecular complexity index is 844. The second-order valence-corrected chi connectivity index (χ2v) is 5.65. The van der Waals surface area contributed by atoms with E-state index in [9.17, 15) is 4.79 Å². The van der Waals surface area contributed by atoms with E-state index in [0.717, 1.165) is 11.5 Å². The van der Waals surface area contributed by atoms with Crippen LogP contribution in [0.1, 0.15) is 16.2 Å². The summed E-state index contributed by atoms with van der Waals surface area (Å²) in [5.41, 5.74) is 1.97. The number of anilines is 2. The highest BCUT2D eigenvalue weighted by atomic mass is 35.5. The molecule has 2 aromatic carbocycles. The van der Waals surface area contributed by atoms with Gasteiger partial charge in [-0.2, -0.15) is 0 Å². The molecule has 122 valence electrons. The first-order valence-corrected chi connectivity index (χ1v) is 7.74. The predicted octanol–water partition coefficient (Wildman–Crippen LogP) is 3.33. The average molecular weight is 342 g/mol. The zero-order valence-electron chi connectivity index (χ0n) is 13.0. The first-order valence-electron chi connectivity index (χ1n) is 7.36. The van der Waals surface area contributed by atoms with Gasteiger partial charge in [0.1, 0.15) is 6.33 Å². The molecule has 7 heteroatoms. The molecule has 0 saturated heterocycles. The number of aryl methyl sites for hydroxylation is 1.